The van der Waals surface area contributed by atoms with Crippen molar-refractivity contribution in [3.05, 3.63) is 59.2 Å². The molecule has 3 aromatic rings. The lowest BCUT2D eigenvalue weighted by Gasteiger charge is -2.23. The maximum Gasteiger partial charge on any atom is 0.251 e. The highest BCUT2D eigenvalue weighted by Gasteiger charge is 2.20. The fourth-order valence-electron chi connectivity index (χ4n) is 3.17. The van der Waals surface area contributed by atoms with Gasteiger partial charge in [0.05, 0.1) is 11.6 Å². The van der Waals surface area contributed by atoms with Gasteiger partial charge in [0.25, 0.3) is 5.91 Å². The Morgan fingerprint density at radius 1 is 1.12 bits per heavy atom. The number of rotatable bonds is 6. The zero-order valence-electron chi connectivity index (χ0n) is 15.9. The third kappa shape index (κ3) is 3.62. The van der Waals surface area contributed by atoms with Crippen LogP contribution >= 0.6 is 0 Å². The first-order valence-electron chi connectivity index (χ1n) is 9.26. The summed E-state index contributed by atoms with van der Waals surface area (Å²) in [6.07, 6.45) is 1.01. The Hall–Kier alpha value is -2.69. The van der Waals surface area contributed by atoms with E-state index in [9.17, 15) is 4.79 Å². The van der Waals surface area contributed by atoms with E-state index >= 15 is 0 Å². The Kier molecular flexibility index (Phi) is 5.35. The summed E-state index contributed by atoms with van der Waals surface area (Å²) in [5.74, 6) is 0.201. The number of benzene rings is 2. The Balaban J connectivity index is 1.83. The second-order valence-electron chi connectivity index (χ2n) is 6.90. The van der Waals surface area contributed by atoms with E-state index in [4.69, 9.17) is 0 Å². The Labute approximate surface area is 154 Å². The molecule has 0 aliphatic heterocycles. The molecule has 1 aromatic heterocycles. The molecule has 0 radical (unpaired) electrons. The van der Waals surface area contributed by atoms with Gasteiger partial charge >= 0.3 is 0 Å². The van der Waals surface area contributed by atoms with E-state index in [0.29, 0.717) is 5.56 Å². The number of nitrogens with one attached hydrogen (secondary N) is 1. The molecule has 2 aromatic carbocycles. The van der Waals surface area contributed by atoms with Crippen LogP contribution in [-0.4, -0.2) is 20.9 Å². The molecule has 0 bridgehead atoms. The number of hydrogen-bond donors (Lipinski definition) is 1. The molecule has 0 aliphatic carbocycles. The van der Waals surface area contributed by atoms with Crippen molar-refractivity contribution in [3.63, 3.8) is 0 Å². The smallest absolute Gasteiger partial charge is 0.251 e. The number of aryl methyl sites for hydroxylation is 2. The molecule has 0 fully saturated rings. The minimum atomic E-state index is -0.0868. The van der Waals surface area contributed by atoms with Gasteiger partial charge in [0.2, 0.25) is 0 Å². The summed E-state index contributed by atoms with van der Waals surface area (Å²) < 4.78 is 1.82. The molecule has 1 heterocycles. The van der Waals surface area contributed by atoms with Crippen LogP contribution in [0.5, 0.6) is 0 Å². The summed E-state index contributed by atoms with van der Waals surface area (Å²) in [6.45, 7) is 9.15. The number of hydrogen-bond acceptors (Lipinski definition) is 3. The van der Waals surface area contributed by atoms with Crippen LogP contribution in [-0.2, 0) is 13.0 Å². The quantitative estimate of drug-likeness (QED) is 0.727. The van der Waals surface area contributed by atoms with Crippen molar-refractivity contribution in [1.29, 1.82) is 0 Å². The summed E-state index contributed by atoms with van der Waals surface area (Å²) in [5.41, 5.74) is 4.72. The predicted octanol–water partition coefficient (Wildman–Crippen LogP) is 4.14. The van der Waals surface area contributed by atoms with E-state index < -0.39 is 0 Å². The summed E-state index contributed by atoms with van der Waals surface area (Å²) in [6, 6.07) is 14.0. The SMILES string of the molecule is CCc1ccc(C(NC(=O)c2ccc3c(c2)nnn3CC)C(C)C)cc1. The maximum absolute atomic E-state index is 12.8. The van der Waals surface area contributed by atoms with E-state index in [1.807, 2.05) is 23.7 Å². The molecule has 0 saturated heterocycles. The number of amides is 1. The van der Waals surface area contributed by atoms with E-state index in [-0.39, 0.29) is 17.9 Å². The van der Waals surface area contributed by atoms with E-state index in [1.54, 1.807) is 6.07 Å². The highest BCUT2D eigenvalue weighted by molar-refractivity contribution is 5.97. The number of aromatic nitrogens is 3. The van der Waals surface area contributed by atoms with Crippen LogP contribution in [0.1, 0.15) is 55.2 Å². The molecular weight excluding hydrogens is 324 g/mol. The number of carbonyl (C=O) groups excluding carboxylic acids is 1. The first-order chi connectivity index (χ1) is 12.5. The number of carbonyl (C=O) groups is 1. The molecule has 1 atom stereocenters. The van der Waals surface area contributed by atoms with Gasteiger partial charge in [-0.05, 0) is 48.6 Å². The minimum Gasteiger partial charge on any atom is -0.345 e. The second-order valence-corrected chi connectivity index (χ2v) is 6.90. The van der Waals surface area contributed by atoms with Gasteiger partial charge in [-0.15, -0.1) is 5.10 Å². The van der Waals surface area contributed by atoms with Crippen molar-refractivity contribution in [1.82, 2.24) is 20.3 Å². The fraction of sp³-hybridized carbons (Fsp3) is 0.381. The molecule has 0 saturated carbocycles. The molecule has 136 valence electrons. The summed E-state index contributed by atoms with van der Waals surface area (Å²) in [5, 5.41) is 11.4. The van der Waals surface area contributed by atoms with Crippen LogP contribution in [0.3, 0.4) is 0 Å². The van der Waals surface area contributed by atoms with Gasteiger partial charge in [-0.2, -0.15) is 0 Å². The van der Waals surface area contributed by atoms with Gasteiger partial charge in [-0.3, -0.25) is 4.79 Å². The van der Waals surface area contributed by atoms with Crippen molar-refractivity contribution >= 4 is 16.9 Å². The third-order valence-electron chi connectivity index (χ3n) is 4.78. The lowest BCUT2D eigenvalue weighted by atomic mass is 9.94. The zero-order chi connectivity index (χ0) is 18.7. The Morgan fingerprint density at radius 2 is 1.85 bits per heavy atom. The minimum absolute atomic E-state index is 0.0320. The van der Waals surface area contributed by atoms with Crippen LogP contribution in [0.2, 0.25) is 0 Å². The van der Waals surface area contributed by atoms with Crippen molar-refractivity contribution in [2.75, 3.05) is 0 Å². The van der Waals surface area contributed by atoms with Crippen LogP contribution in [0, 0.1) is 5.92 Å². The van der Waals surface area contributed by atoms with Crippen LogP contribution in [0.4, 0.5) is 0 Å². The average Bonchev–Trinajstić information content (AvgIpc) is 3.08. The van der Waals surface area contributed by atoms with Gasteiger partial charge in [-0.1, -0.05) is 50.3 Å². The molecule has 1 unspecified atom stereocenters. The Morgan fingerprint density at radius 3 is 2.46 bits per heavy atom. The van der Waals surface area contributed by atoms with Crippen molar-refractivity contribution in [2.24, 2.45) is 5.92 Å². The van der Waals surface area contributed by atoms with Gasteiger partial charge in [0, 0.05) is 12.1 Å². The normalized spacial score (nSPS) is 12.5. The number of fused-ring (bicyclic) bond motifs is 1. The standard InChI is InChI=1S/C21H26N4O/c1-5-15-7-9-16(10-8-15)20(14(3)4)22-21(26)17-11-12-19-18(13-17)23-24-25(19)6-2/h7-14,20H,5-6H2,1-4H3,(H,22,26). The molecule has 0 aliphatic rings. The lowest BCUT2D eigenvalue weighted by Crippen LogP contribution is -2.31. The fourth-order valence-corrected chi connectivity index (χ4v) is 3.17. The molecule has 3 rings (SSSR count). The van der Waals surface area contributed by atoms with E-state index in [1.165, 1.54) is 5.56 Å². The molecule has 0 spiro atoms. The molecule has 1 amide bonds. The highest BCUT2D eigenvalue weighted by Crippen LogP contribution is 2.23. The predicted molar refractivity (Wildman–Crippen MR) is 104 cm³/mol. The molecule has 5 heteroatoms. The van der Waals surface area contributed by atoms with Crippen LogP contribution in [0.25, 0.3) is 11.0 Å². The monoisotopic (exact) mass is 350 g/mol. The van der Waals surface area contributed by atoms with E-state index in [2.05, 4.69) is 60.7 Å². The highest BCUT2D eigenvalue weighted by atomic mass is 16.1. The second kappa shape index (κ2) is 7.68. The lowest BCUT2D eigenvalue weighted by molar-refractivity contribution is 0.0925. The van der Waals surface area contributed by atoms with Crippen LogP contribution in [0.15, 0.2) is 42.5 Å². The Bertz CT molecular complexity index is 896. The van der Waals surface area contributed by atoms with Crippen molar-refractivity contribution < 1.29 is 4.79 Å². The van der Waals surface area contributed by atoms with Gasteiger partial charge in [0.1, 0.15) is 5.52 Å². The van der Waals surface area contributed by atoms with Gasteiger partial charge < -0.3 is 5.32 Å². The number of nitrogens with zero attached hydrogens (tertiary/aromatic N) is 3. The zero-order valence-corrected chi connectivity index (χ0v) is 15.9. The third-order valence-corrected chi connectivity index (χ3v) is 4.78. The largest absolute Gasteiger partial charge is 0.345 e. The van der Waals surface area contributed by atoms with Gasteiger partial charge in [0.15, 0.2) is 0 Å². The summed E-state index contributed by atoms with van der Waals surface area (Å²) >= 11 is 0. The van der Waals surface area contributed by atoms with E-state index in [0.717, 1.165) is 29.6 Å². The van der Waals surface area contributed by atoms with Crippen LogP contribution < -0.4 is 5.32 Å². The molecule has 26 heavy (non-hydrogen) atoms. The molecule has 5 nitrogen and oxygen atoms in total. The molecule has 1 N–H and O–H groups in total. The first-order valence-corrected chi connectivity index (χ1v) is 9.26. The topological polar surface area (TPSA) is 59.8 Å². The maximum atomic E-state index is 12.8. The summed E-state index contributed by atoms with van der Waals surface area (Å²) in [7, 11) is 0. The average molecular weight is 350 g/mol. The first kappa shape index (κ1) is 18.1. The van der Waals surface area contributed by atoms with Crippen molar-refractivity contribution in [3.8, 4) is 0 Å². The van der Waals surface area contributed by atoms with Gasteiger partial charge in [-0.25, -0.2) is 4.68 Å². The molecular formula is C21H26N4O. The van der Waals surface area contributed by atoms with Crippen molar-refractivity contribution in [2.45, 2.75) is 46.7 Å². The summed E-state index contributed by atoms with van der Waals surface area (Å²) in [4.78, 5) is 12.8.